The zero-order chi connectivity index (χ0) is 18.9. The highest BCUT2D eigenvalue weighted by Gasteiger charge is 2.50. The van der Waals surface area contributed by atoms with Gasteiger partial charge in [0.2, 0.25) is 5.90 Å². The molecule has 3 aromatic rings. The molecule has 1 aliphatic heterocycles. The Bertz CT molecular complexity index is 968. The van der Waals surface area contributed by atoms with Crippen LogP contribution in [0.2, 0.25) is 0 Å². The second kappa shape index (κ2) is 6.58. The third-order valence-corrected chi connectivity index (χ3v) is 4.54. The van der Waals surface area contributed by atoms with Crippen molar-refractivity contribution in [1.82, 2.24) is 0 Å². The molecule has 0 radical (unpaired) electrons. The molecule has 1 aliphatic rings. The van der Waals surface area contributed by atoms with Gasteiger partial charge >= 0.3 is 6.18 Å². The van der Waals surface area contributed by atoms with Crippen molar-refractivity contribution in [2.24, 2.45) is 4.99 Å². The van der Waals surface area contributed by atoms with Gasteiger partial charge < -0.3 is 4.74 Å². The first-order valence-electron chi connectivity index (χ1n) is 8.53. The predicted octanol–water partition coefficient (Wildman–Crippen LogP) is 5.99. The highest BCUT2D eigenvalue weighted by Crippen LogP contribution is 2.49. The van der Waals surface area contributed by atoms with E-state index in [4.69, 9.17) is 4.74 Å². The number of aliphatic imine (C=N–C) groups is 1. The molecule has 1 heterocycles. The monoisotopic (exact) mass is 367 g/mol. The first-order valence-corrected chi connectivity index (χ1v) is 8.53. The maximum absolute atomic E-state index is 13.7. The average molecular weight is 367 g/mol. The van der Waals surface area contributed by atoms with E-state index < -0.39 is 18.2 Å². The molecule has 0 amide bonds. The van der Waals surface area contributed by atoms with Gasteiger partial charge in [0.15, 0.2) is 5.60 Å². The van der Waals surface area contributed by atoms with E-state index in [1.54, 1.807) is 78.9 Å². The van der Waals surface area contributed by atoms with Gasteiger partial charge in [0.05, 0.1) is 12.1 Å². The summed E-state index contributed by atoms with van der Waals surface area (Å²) in [4.78, 5) is 4.49. The Morgan fingerprint density at radius 3 is 2.04 bits per heavy atom. The highest BCUT2D eigenvalue weighted by molar-refractivity contribution is 5.97. The van der Waals surface area contributed by atoms with Crippen LogP contribution in [0.5, 0.6) is 0 Å². The molecule has 0 aliphatic carbocycles. The largest absolute Gasteiger partial charge is 0.460 e. The molecule has 27 heavy (non-hydrogen) atoms. The van der Waals surface area contributed by atoms with Gasteiger partial charge in [0.1, 0.15) is 0 Å². The first-order chi connectivity index (χ1) is 13.0. The normalized spacial score (nSPS) is 19.0. The lowest BCUT2D eigenvalue weighted by atomic mass is 9.81. The molecule has 5 heteroatoms. The van der Waals surface area contributed by atoms with E-state index in [0.717, 1.165) is 0 Å². The maximum atomic E-state index is 13.7. The lowest BCUT2D eigenvalue weighted by Gasteiger charge is -2.39. The van der Waals surface area contributed by atoms with Crippen LogP contribution in [0.1, 0.15) is 23.1 Å². The molecule has 0 aromatic heterocycles. The van der Waals surface area contributed by atoms with Gasteiger partial charge in [-0.1, -0.05) is 66.7 Å². The van der Waals surface area contributed by atoms with Crippen LogP contribution in [-0.4, -0.2) is 12.1 Å². The minimum atomic E-state index is -4.43. The first kappa shape index (κ1) is 17.3. The lowest BCUT2D eigenvalue weighted by molar-refractivity contribution is -0.167. The van der Waals surface area contributed by atoms with Gasteiger partial charge in [-0.2, -0.15) is 13.2 Å². The van der Waals surface area contributed by atoms with Crippen molar-refractivity contribution >= 4 is 11.6 Å². The van der Waals surface area contributed by atoms with Gasteiger partial charge in [-0.05, 0) is 18.2 Å². The van der Waals surface area contributed by atoms with Gasteiger partial charge in [0.25, 0.3) is 0 Å². The summed E-state index contributed by atoms with van der Waals surface area (Å²) in [5.41, 5.74) is 0.278. The number of rotatable bonds is 3. The zero-order valence-electron chi connectivity index (χ0n) is 14.3. The van der Waals surface area contributed by atoms with Crippen molar-refractivity contribution in [3.05, 3.63) is 102 Å². The van der Waals surface area contributed by atoms with E-state index in [2.05, 4.69) is 4.99 Å². The summed E-state index contributed by atoms with van der Waals surface area (Å²) >= 11 is 0. The topological polar surface area (TPSA) is 21.6 Å². The number of para-hydroxylation sites is 1. The number of halogens is 3. The third-order valence-electron chi connectivity index (χ3n) is 4.54. The van der Waals surface area contributed by atoms with Crippen LogP contribution in [-0.2, 0) is 10.3 Å². The SMILES string of the molecule is FC(F)(F)CC1(c2ccccc2)OC(c2ccccc2)=Nc2ccccc21. The summed E-state index contributed by atoms with van der Waals surface area (Å²) in [6, 6.07) is 24.4. The smallest absolute Gasteiger partial charge is 0.393 e. The molecule has 0 fully saturated rings. The van der Waals surface area contributed by atoms with Gasteiger partial charge in [-0.3, -0.25) is 0 Å². The Morgan fingerprint density at radius 2 is 1.37 bits per heavy atom. The number of nitrogens with zero attached hydrogens (tertiary/aromatic N) is 1. The fourth-order valence-electron chi connectivity index (χ4n) is 3.41. The van der Waals surface area contributed by atoms with Crippen LogP contribution in [0.3, 0.4) is 0 Å². The molecule has 1 atom stereocenters. The number of fused-ring (bicyclic) bond motifs is 1. The van der Waals surface area contributed by atoms with Crippen molar-refractivity contribution in [3.63, 3.8) is 0 Å². The Labute approximate surface area is 155 Å². The van der Waals surface area contributed by atoms with Gasteiger partial charge in [0, 0.05) is 16.7 Å². The van der Waals surface area contributed by atoms with E-state index in [1.165, 1.54) is 0 Å². The second-order valence-corrected chi connectivity index (χ2v) is 6.39. The van der Waals surface area contributed by atoms with Gasteiger partial charge in [-0.15, -0.1) is 0 Å². The summed E-state index contributed by atoms with van der Waals surface area (Å²) in [5.74, 6) is 0.183. The molecular weight excluding hydrogens is 351 g/mol. The maximum Gasteiger partial charge on any atom is 0.393 e. The predicted molar refractivity (Wildman–Crippen MR) is 98.1 cm³/mol. The molecule has 0 N–H and O–H groups in total. The van der Waals surface area contributed by atoms with E-state index >= 15 is 0 Å². The van der Waals surface area contributed by atoms with Crippen LogP contribution in [0.4, 0.5) is 18.9 Å². The molecule has 1 unspecified atom stereocenters. The van der Waals surface area contributed by atoms with Crippen molar-refractivity contribution in [3.8, 4) is 0 Å². The Kier molecular flexibility index (Phi) is 4.22. The van der Waals surface area contributed by atoms with Crippen molar-refractivity contribution in [2.45, 2.75) is 18.2 Å². The summed E-state index contributed by atoms with van der Waals surface area (Å²) in [6.07, 6.45) is -5.57. The number of benzene rings is 3. The van der Waals surface area contributed by atoms with Crippen molar-refractivity contribution < 1.29 is 17.9 Å². The van der Waals surface area contributed by atoms with Crippen LogP contribution < -0.4 is 0 Å². The Balaban J connectivity index is 1.96. The van der Waals surface area contributed by atoms with E-state index in [1.807, 2.05) is 6.07 Å². The summed E-state index contributed by atoms with van der Waals surface area (Å²) in [6.45, 7) is 0. The molecular formula is C22H16F3NO. The van der Waals surface area contributed by atoms with E-state index in [-0.39, 0.29) is 5.90 Å². The molecule has 0 saturated heterocycles. The molecule has 3 aromatic carbocycles. The van der Waals surface area contributed by atoms with Crippen molar-refractivity contribution in [2.75, 3.05) is 0 Å². The number of alkyl halides is 3. The van der Waals surface area contributed by atoms with Crippen LogP contribution >= 0.6 is 0 Å². The molecule has 0 bridgehead atoms. The Morgan fingerprint density at radius 1 is 0.778 bits per heavy atom. The standard InChI is InChI=1S/C22H16F3NO/c23-22(24,25)15-21(17-11-5-2-6-12-17)18-13-7-8-14-19(18)26-20(27-21)16-9-3-1-4-10-16/h1-14H,15H2. The average Bonchev–Trinajstić information content (AvgIpc) is 2.68. The van der Waals surface area contributed by atoms with Crippen LogP contribution in [0.15, 0.2) is 89.9 Å². The van der Waals surface area contributed by atoms with Gasteiger partial charge in [-0.25, -0.2) is 4.99 Å². The van der Waals surface area contributed by atoms with E-state index in [0.29, 0.717) is 22.4 Å². The van der Waals surface area contributed by atoms with E-state index in [9.17, 15) is 13.2 Å². The zero-order valence-corrected chi connectivity index (χ0v) is 14.3. The minimum Gasteiger partial charge on any atom is -0.460 e. The number of ether oxygens (including phenoxy) is 1. The highest BCUT2D eigenvalue weighted by atomic mass is 19.4. The molecule has 0 spiro atoms. The van der Waals surface area contributed by atoms with Crippen LogP contribution in [0.25, 0.3) is 0 Å². The second-order valence-electron chi connectivity index (χ2n) is 6.39. The fourth-order valence-corrected chi connectivity index (χ4v) is 3.41. The number of hydrogen-bond donors (Lipinski definition) is 0. The summed E-state index contributed by atoms with van der Waals surface area (Å²) in [5, 5.41) is 0. The molecule has 136 valence electrons. The molecule has 4 rings (SSSR count). The molecule has 0 saturated carbocycles. The minimum absolute atomic E-state index is 0.183. The Hall–Kier alpha value is -3.08. The number of hydrogen-bond acceptors (Lipinski definition) is 2. The van der Waals surface area contributed by atoms with Crippen LogP contribution in [0, 0.1) is 0 Å². The lowest BCUT2D eigenvalue weighted by Crippen LogP contribution is -2.40. The summed E-state index contributed by atoms with van der Waals surface area (Å²) in [7, 11) is 0. The fraction of sp³-hybridized carbons (Fsp3) is 0.136. The van der Waals surface area contributed by atoms with Crippen molar-refractivity contribution in [1.29, 1.82) is 0 Å². The molecule has 2 nitrogen and oxygen atoms in total. The third kappa shape index (κ3) is 3.33. The quantitative estimate of drug-likeness (QED) is 0.557. The summed E-state index contributed by atoms with van der Waals surface area (Å²) < 4.78 is 47.1.